The molecule has 3 aromatic carbocycles. The molecule has 0 heterocycles. The molecule has 10 heteroatoms. The van der Waals surface area contributed by atoms with E-state index < -0.39 is 28.5 Å². The van der Waals surface area contributed by atoms with Crippen LogP contribution in [0.3, 0.4) is 0 Å². The summed E-state index contributed by atoms with van der Waals surface area (Å²) in [6.45, 7) is 3.50. The first-order valence-electron chi connectivity index (χ1n) is 11.3. The highest BCUT2D eigenvalue weighted by Crippen LogP contribution is 2.27. The molecule has 0 bridgehead atoms. The molecule has 0 spiro atoms. The van der Waals surface area contributed by atoms with Crippen molar-refractivity contribution in [2.75, 3.05) is 17.4 Å². The van der Waals surface area contributed by atoms with Gasteiger partial charge in [-0.25, -0.2) is 8.42 Å². The van der Waals surface area contributed by atoms with Crippen LogP contribution >= 0.6 is 31.9 Å². The average Bonchev–Trinajstić information content (AvgIpc) is 2.86. The molecule has 0 aromatic heterocycles. The van der Waals surface area contributed by atoms with Crippen molar-refractivity contribution in [1.29, 1.82) is 0 Å². The maximum atomic E-state index is 13.7. The SMILES string of the molecule is CCNC(=O)[C@@H](C)N(Cc1cccc(Br)c1)C(=O)CN(c1cccc(Br)c1)S(=O)(=O)c1ccccc1. The smallest absolute Gasteiger partial charge is 0.264 e. The van der Waals surface area contributed by atoms with Gasteiger partial charge in [0.1, 0.15) is 12.6 Å². The van der Waals surface area contributed by atoms with Gasteiger partial charge in [0.2, 0.25) is 11.8 Å². The molecule has 36 heavy (non-hydrogen) atoms. The highest BCUT2D eigenvalue weighted by atomic mass is 79.9. The Morgan fingerprint density at radius 2 is 1.56 bits per heavy atom. The van der Waals surface area contributed by atoms with Crippen LogP contribution in [0.5, 0.6) is 0 Å². The number of hydrogen-bond acceptors (Lipinski definition) is 4. The molecule has 0 radical (unpaired) electrons. The summed E-state index contributed by atoms with van der Waals surface area (Å²) in [7, 11) is -4.08. The summed E-state index contributed by atoms with van der Waals surface area (Å²) >= 11 is 6.82. The Hall–Kier alpha value is -2.69. The van der Waals surface area contributed by atoms with E-state index in [0.29, 0.717) is 16.7 Å². The molecule has 1 N–H and O–H groups in total. The monoisotopic (exact) mass is 635 g/mol. The first-order valence-corrected chi connectivity index (χ1v) is 14.3. The second-order valence-electron chi connectivity index (χ2n) is 8.03. The van der Waals surface area contributed by atoms with Crippen LogP contribution < -0.4 is 9.62 Å². The molecule has 0 aliphatic rings. The van der Waals surface area contributed by atoms with Crippen LogP contribution in [0.4, 0.5) is 5.69 Å². The van der Waals surface area contributed by atoms with Crippen LogP contribution in [-0.4, -0.2) is 44.3 Å². The number of nitrogens with zero attached hydrogens (tertiary/aromatic N) is 2. The Balaban J connectivity index is 2.02. The summed E-state index contributed by atoms with van der Waals surface area (Å²) in [5.74, 6) is -0.825. The highest BCUT2D eigenvalue weighted by Gasteiger charge is 2.32. The summed E-state index contributed by atoms with van der Waals surface area (Å²) < 4.78 is 29.9. The van der Waals surface area contributed by atoms with Crippen LogP contribution in [-0.2, 0) is 26.2 Å². The lowest BCUT2D eigenvalue weighted by atomic mass is 10.1. The number of rotatable bonds is 10. The summed E-state index contributed by atoms with van der Waals surface area (Å²) in [6, 6.07) is 21.3. The maximum Gasteiger partial charge on any atom is 0.264 e. The van der Waals surface area contributed by atoms with Crippen LogP contribution in [0.1, 0.15) is 19.4 Å². The lowest BCUT2D eigenvalue weighted by Crippen LogP contribution is -2.51. The van der Waals surface area contributed by atoms with Gasteiger partial charge in [0.15, 0.2) is 0 Å². The van der Waals surface area contributed by atoms with Crippen LogP contribution in [0.2, 0.25) is 0 Å². The molecule has 7 nitrogen and oxygen atoms in total. The van der Waals surface area contributed by atoms with Gasteiger partial charge >= 0.3 is 0 Å². The van der Waals surface area contributed by atoms with Crippen molar-refractivity contribution >= 4 is 59.4 Å². The van der Waals surface area contributed by atoms with Crippen LogP contribution in [0, 0.1) is 0 Å². The number of hydrogen-bond donors (Lipinski definition) is 1. The van der Waals surface area contributed by atoms with Crippen molar-refractivity contribution in [3.63, 3.8) is 0 Å². The summed E-state index contributed by atoms with van der Waals surface area (Å²) in [4.78, 5) is 27.9. The van der Waals surface area contributed by atoms with E-state index in [1.165, 1.54) is 17.0 Å². The second kappa shape index (κ2) is 12.5. The van der Waals surface area contributed by atoms with Crippen molar-refractivity contribution in [3.05, 3.63) is 93.4 Å². The topological polar surface area (TPSA) is 86.8 Å². The van der Waals surface area contributed by atoms with Gasteiger partial charge in [0.25, 0.3) is 10.0 Å². The zero-order valence-electron chi connectivity index (χ0n) is 19.9. The fraction of sp³-hybridized carbons (Fsp3) is 0.231. The predicted molar refractivity (Wildman–Crippen MR) is 148 cm³/mol. The highest BCUT2D eigenvalue weighted by molar-refractivity contribution is 9.10. The minimum absolute atomic E-state index is 0.0630. The van der Waals surface area contributed by atoms with Gasteiger partial charge in [-0.2, -0.15) is 0 Å². The summed E-state index contributed by atoms with van der Waals surface area (Å²) in [5.41, 5.74) is 1.13. The lowest BCUT2D eigenvalue weighted by Gasteiger charge is -2.32. The minimum atomic E-state index is -4.08. The minimum Gasteiger partial charge on any atom is -0.355 e. The molecule has 0 aliphatic heterocycles. The third kappa shape index (κ3) is 6.96. The molecule has 3 aromatic rings. The second-order valence-corrected chi connectivity index (χ2v) is 11.7. The van der Waals surface area contributed by atoms with Crippen LogP contribution in [0.25, 0.3) is 0 Å². The molecule has 2 amide bonds. The number of carbonyl (C=O) groups is 2. The Bertz CT molecular complexity index is 1320. The lowest BCUT2D eigenvalue weighted by molar-refractivity contribution is -0.139. The molecule has 0 unspecified atom stereocenters. The van der Waals surface area contributed by atoms with Gasteiger partial charge in [-0.05, 0) is 61.9 Å². The molecule has 190 valence electrons. The van der Waals surface area contributed by atoms with E-state index in [9.17, 15) is 18.0 Å². The van der Waals surface area contributed by atoms with Crippen molar-refractivity contribution in [2.24, 2.45) is 0 Å². The van der Waals surface area contributed by atoms with E-state index in [1.807, 2.05) is 24.3 Å². The largest absolute Gasteiger partial charge is 0.355 e. The van der Waals surface area contributed by atoms with Gasteiger partial charge in [-0.1, -0.05) is 68.3 Å². The zero-order valence-corrected chi connectivity index (χ0v) is 23.9. The third-order valence-corrected chi connectivity index (χ3v) is 8.24. The van der Waals surface area contributed by atoms with Gasteiger partial charge in [0.05, 0.1) is 10.6 Å². The van der Waals surface area contributed by atoms with E-state index in [1.54, 1.807) is 56.3 Å². The Morgan fingerprint density at radius 1 is 0.917 bits per heavy atom. The van der Waals surface area contributed by atoms with E-state index in [0.717, 1.165) is 14.3 Å². The number of likely N-dealkylation sites (N-methyl/N-ethyl adjacent to an activating group) is 1. The quantitative estimate of drug-likeness (QED) is 0.341. The fourth-order valence-corrected chi connectivity index (χ4v) is 5.88. The number of benzene rings is 3. The molecule has 0 saturated heterocycles. The molecule has 0 aliphatic carbocycles. The maximum absolute atomic E-state index is 13.7. The van der Waals surface area contributed by atoms with Crippen molar-refractivity contribution in [3.8, 4) is 0 Å². The van der Waals surface area contributed by atoms with Crippen molar-refractivity contribution in [2.45, 2.75) is 31.3 Å². The molecule has 0 fully saturated rings. The van der Waals surface area contributed by atoms with Gasteiger partial charge in [-0.3, -0.25) is 13.9 Å². The average molecular weight is 637 g/mol. The van der Waals surface area contributed by atoms with E-state index in [-0.39, 0.29) is 17.3 Å². The normalized spacial score (nSPS) is 12.0. The summed E-state index contributed by atoms with van der Waals surface area (Å²) in [6.07, 6.45) is 0. The number of sulfonamides is 1. The number of halogens is 2. The standard InChI is InChI=1S/C26H27Br2N3O4S/c1-3-29-26(33)19(2)30(17-20-9-7-10-21(27)15-20)25(32)18-31(23-12-8-11-22(28)16-23)36(34,35)24-13-5-4-6-14-24/h4-16,19H,3,17-18H2,1-2H3,(H,29,33)/t19-/m1/s1. The number of anilines is 1. The Labute approximate surface area is 228 Å². The molecule has 0 saturated carbocycles. The number of amides is 2. The molecular weight excluding hydrogens is 610 g/mol. The van der Waals surface area contributed by atoms with Gasteiger partial charge in [0, 0.05) is 22.0 Å². The number of carbonyl (C=O) groups excluding carboxylic acids is 2. The first-order chi connectivity index (χ1) is 17.1. The third-order valence-electron chi connectivity index (χ3n) is 5.47. The fourth-order valence-electron chi connectivity index (χ4n) is 3.62. The molecular formula is C26H27Br2N3O4S. The Kier molecular flexibility index (Phi) is 9.69. The molecule has 3 rings (SSSR count). The number of nitrogens with one attached hydrogen (secondary N) is 1. The Morgan fingerprint density at radius 3 is 2.17 bits per heavy atom. The first kappa shape index (κ1) is 27.9. The van der Waals surface area contributed by atoms with E-state index >= 15 is 0 Å². The van der Waals surface area contributed by atoms with Crippen molar-refractivity contribution in [1.82, 2.24) is 10.2 Å². The zero-order chi connectivity index (χ0) is 26.3. The van der Waals surface area contributed by atoms with Crippen molar-refractivity contribution < 1.29 is 18.0 Å². The summed E-state index contributed by atoms with van der Waals surface area (Å²) in [5, 5.41) is 2.75. The van der Waals surface area contributed by atoms with Crippen LogP contribution in [0.15, 0.2) is 92.7 Å². The van der Waals surface area contributed by atoms with E-state index in [2.05, 4.69) is 37.2 Å². The predicted octanol–water partition coefficient (Wildman–Crippen LogP) is 4.96. The van der Waals surface area contributed by atoms with Gasteiger partial charge < -0.3 is 10.2 Å². The molecule has 1 atom stereocenters. The van der Waals surface area contributed by atoms with Gasteiger partial charge in [-0.15, -0.1) is 0 Å². The van der Waals surface area contributed by atoms with E-state index in [4.69, 9.17) is 0 Å².